The van der Waals surface area contributed by atoms with Crippen molar-refractivity contribution < 1.29 is 4.79 Å². The number of anilines is 1. The molecule has 20 heavy (non-hydrogen) atoms. The number of carbonyl (C=O) groups excluding carboxylic acids is 1. The summed E-state index contributed by atoms with van der Waals surface area (Å²) in [5, 5.41) is 2.91. The minimum absolute atomic E-state index is 0.0328. The van der Waals surface area contributed by atoms with Gasteiger partial charge >= 0.3 is 0 Å². The zero-order chi connectivity index (χ0) is 14.5. The maximum atomic E-state index is 12.5. The predicted molar refractivity (Wildman–Crippen MR) is 79.7 cm³/mol. The molecule has 1 N–H and O–H groups in total. The number of carbonyl (C=O) groups is 1. The van der Waals surface area contributed by atoms with Crippen molar-refractivity contribution in [2.45, 2.75) is 45.1 Å². The van der Waals surface area contributed by atoms with Gasteiger partial charge < -0.3 is 10.2 Å². The van der Waals surface area contributed by atoms with Gasteiger partial charge in [0.15, 0.2) is 0 Å². The highest BCUT2D eigenvalue weighted by Gasteiger charge is 2.27. The van der Waals surface area contributed by atoms with Crippen LogP contribution in [0.2, 0.25) is 0 Å². The molecule has 0 unspecified atom stereocenters. The van der Waals surface area contributed by atoms with E-state index in [-0.39, 0.29) is 5.91 Å². The van der Waals surface area contributed by atoms with Crippen molar-refractivity contribution in [3.05, 3.63) is 18.1 Å². The fourth-order valence-electron chi connectivity index (χ4n) is 2.88. The van der Waals surface area contributed by atoms with Gasteiger partial charge in [-0.1, -0.05) is 13.3 Å². The first-order chi connectivity index (χ1) is 9.65. The molecule has 0 radical (unpaired) electrons. The monoisotopic (exact) mass is 276 g/mol. The molecular weight excluding hydrogens is 252 g/mol. The molecule has 1 aliphatic carbocycles. The van der Waals surface area contributed by atoms with Gasteiger partial charge in [-0.15, -0.1) is 0 Å². The lowest BCUT2D eigenvalue weighted by atomic mass is 9.84. The van der Waals surface area contributed by atoms with Crippen LogP contribution in [0.25, 0.3) is 0 Å². The predicted octanol–water partition coefficient (Wildman–Crippen LogP) is 2.56. The van der Waals surface area contributed by atoms with Crippen LogP contribution in [0, 0.1) is 5.92 Å². The van der Waals surface area contributed by atoms with E-state index < -0.39 is 0 Å². The SMILES string of the molecule is CCC1CCC(N(C)C(=O)c2cncc(NC)n2)CC1. The van der Waals surface area contributed by atoms with Crippen LogP contribution < -0.4 is 5.32 Å². The summed E-state index contributed by atoms with van der Waals surface area (Å²) in [7, 11) is 3.65. The maximum Gasteiger partial charge on any atom is 0.274 e. The molecule has 5 heteroatoms. The number of nitrogens with one attached hydrogen (secondary N) is 1. The van der Waals surface area contributed by atoms with Crippen molar-refractivity contribution in [1.82, 2.24) is 14.9 Å². The topological polar surface area (TPSA) is 58.1 Å². The zero-order valence-electron chi connectivity index (χ0n) is 12.6. The third kappa shape index (κ3) is 3.26. The Morgan fingerprint density at radius 3 is 2.65 bits per heavy atom. The number of amides is 1. The largest absolute Gasteiger partial charge is 0.372 e. The Kier molecular flexibility index (Phi) is 4.93. The zero-order valence-corrected chi connectivity index (χ0v) is 12.6. The van der Waals surface area contributed by atoms with Gasteiger partial charge in [0.1, 0.15) is 11.5 Å². The average molecular weight is 276 g/mol. The van der Waals surface area contributed by atoms with Crippen LogP contribution >= 0.6 is 0 Å². The van der Waals surface area contributed by atoms with Crippen LogP contribution in [0.15, 0.2) is 12.4 Å². The molecule has 0 aromatic carbocycles. The molecule has 1 aromatic rings. The first-order valence-electron chi connectivity index (χ1n) is 7.42. The van der Waals surface area contributed by atoms with Gasteiger partial charge in [-0.3, -0.25) is 9.78 Å². The van der Waals surface area contributed by atoms with Gasteiger partial charge in [0.2, 0.25) is 0 Å². The molecule has 1 amide bonds. The highest BCUT2D eigenvalue weighted by atomic mass is 16.2. The summed E-state index contributed by atoms with van der Waals surface area (Å²) in [6, 6.07) is 0.338. The minimum atomic E-state index is -0.0328. The maximum absolute atomic E-state index is 12.5. The second kappa shape index (κ2) is 6.68. The first kappa shape index (κ1) is 14.8. The van der Waals surface area contributed by atoms with E-state index in [9.17, 15) is 4.79 Å². The van der Waals surface area contributed by atoms with Crippen LogP contribution in [0.3, 0.4) is 0 Å². The molecule has 1 aromatic heterocycles. The summed E-state index contributed by atoms with van der Waals surface area (Å²) in [5.74, 6) is 1.43. The Balaban J connectivity index is 2.01. The average Bonchev–Trinajstić information content (AvgIpc) is 2.53. The molecule has 0 aliphatic heterocycles. The molecule has 1 fully saturated rings. The normalized spacial score (nSPS) is 22.4. The van der Waals surface area contributed by atoms with Crippen LogP contribution in [0.1, 0.15) is 49.5 Å². The Hall–Kier alpha value is -1.65. The molecule has 1 saturated carbocycles. The number of aromatic nitrogens is 2. The van der Waals surface area contributed by atoms with E-state index in [0.717, 1.165) is 18.8 Å². The molecule has 110 valence electrons. The van der Waals surface area contributed by atoms with Crippen molar-refractivity contribution in [2.75, 3.05) is 19.4 Å². The van der Waals surface area contributed by atoms with E-state index in [1.807, 2.05) is 11.9 Å². The first-order valence-corrected chi connectivity index (χ1v) is 7.42. The van der Waals surface area contributed by atoms with E-state index in [0.29, 0.717) is 17.6 Å². The smallest absolute Gasteiger partial charge is 0.274 e. The molecule has 1 aliphatic rings. The molecular formula is C15H24N4O. The Labute approximate surface area is 120 Å². The van der Waals surface area contributed by atoms with Crippen LogP contribution in [-0.2, 0) is 0 Å². The van der Waals surface area contributed by atoms with Gasteiger partial charge in [-0.05, 0) is 31.6 Å². The van der Waals surface area contributed by atoms with Crippen molar-refractivity contribution >= 4 is 11.7 Å². The van der Waals surface area contributed by atoms with Gasteiger partial charge in [0.05, 0.1) is 12.4 Å². The van der Waals surface area contributed by atoms with Gasteiger partial charge in [-0.2, -0.15) is 0 Å². The third-order valence-electron chi connectivity index (χ3n) is 4.37. The second-order valence-corrected chi connectivity index (χ2v) is 5.54. The molecule has 0 saturated heterocycles. The lowest BCUT2D eigenvalue weighted by Crippen LogP contribution is -2.39. The number of nitrogens with zero attached hydrogens (tertiary/aromatic N) is 3. The molecule has 0 bridgehead atoms. The summed E-state index contributed by atoms with van der Waals surface area (Å²) < 4.78 is 0. The number of rotatable bonds is 4. The molecule has 0 atom stereocenters. The van der Waals surface area contributed by atoms with E-state index in [1.165, 1.54) is 25.5 Å². The highest BCUT2D eigenvalue weighted by molar-refractivity contribution is 5.92. The third-order valence-corrected chi connectivity index (χ3v) is 4.37. The van der Waals surface area contributed by atoms with Crippen LogP contribution in [0.4, 0.5) is 5.82 Å². The van der Waals surface area contributed by atoms with Crippen molar-refractivity contribution in [1.29, 1.82) is 0 Å². The van der Waals surface area contributed by atoms with Gasteiger partial charge in [0.25, 0.3) is 5.91 Å². The molecule has 1 heterocycles. The Morgan fingerprint density at radius 1 is 1.35 bits per heavy atom. The fourth-order valence-corrected chi connectivity index (χ4v) is 2.88. The van der Waals surface area contributed by atoms with Crippen molar-refractivity contribution in [3.63, 3.8) is 0 Å². The molecule has 5 nitrogen and oxygen atoms in total. The highest BCUT2D eigenvalue weighted by Crippen LogP contribution is 2.29. The number of hydrogen-bond acceptors (Lipinski definition) is 4. The quantitative estimate of drug-likeness (QED) is 0.918. The summed E-state index contributed by atoms with van der Waals surface area (Å²) in [5.41, 5.74) is 0.414. The van der Waals surface area contributed by atoms with Crippen molar-refractivity contribution in [2.24, 2.45) is 5.92 Å². The van der Waals surface area contributed by atoms with Crippen molar-refractivity contribution in [3.8, 4) is 0 Å². The second-order valence-electron chi connectivity index (χ2n) is 5.54. The molecule has 0 spiro atoms. The fraction of sp³-hybridized carbons (Fsp3) is 0.667. The summed E-state index contributed by atoms with van der Waals surface area (Å²) >= 11 is 0. The lowest BCUT2D eigenvalue weighted by Gasteiger charge is -2.34. The minimum Gasteiger partial charge on any atom is -0.372 e. The van der Waals surface area contributed by atoms with Gasteiger partial charge in [-0.25, -0.2) is 4.98 Å². The van der Waals surface area contributed by atoms with E-state index in [4.69, 9.17) is 0 Å². The summed E-state index contributed by atoms with van der Waals surface area (Å²) in [4.78, 5) is 22.6. The van der Waals surface area contributed by atoms with Crippen LogP contribution in [-0.4, -0.2) is 40.9 Å². The summed E-state index contributed by atoms with van der Waals surface area (Å²) in [6.45, 7) is 2.25. The Morgan fingerprint density at radius 2 is 2.05 bits per heavy atom. The standard InChI is InChI=1S/C15H24N4O/c1-4-11-5-7-12(8-6-11)19(3)15(20)13-9-17-10-14(16-2)18-13/h9-12H,4-8H2,1-3H3,(H,16,18). The van der Waals surface area contributed by atoms with E-state index in [2.05, 4.69) is 22.2 Å². The number of hydrogen-bond donors (Lipinski definition) is 1. The van der Waals surface area contributed by atoms with Crippen LogP contribution in [0.5, 0.6) is 0 Å². The van der Waals surface area contributed by atoms with Gasteiger partial charge in [0, 0.05) is 20.1 Å². The van der Waals surface area contributed by atoms with E-state index in [1.54, 1.807) is 13.2 Å². The Bertz CT molecular complexity index is 455. The van der Waals surface area contributed by atoms with E-state index >= 15 is 0 Å². The molecule has 2 rings (SSSR count). The lowest BCUT2D eigenvalue weighted by molar-refractivity contribution is 0.0668. The summed E-state index contributed by atoms with van der Waals surface area (Å²) in [6.07, 6.45) is 9.04.